The monoisotopic (exact) mass is 512 g/mol. The number of amides is 1. The Morgan fingerprint density at radius 1 is 1.00 bits per heavy atom. The smallest absolute Gasteiger partial charge is 0.408 e. The van der Waals surface area contributed by atoms with Gasteiger partial charge in [0.25, 0.3) is 0 Å². The molecule has 2 aromatic carbocycles. The highest BCUT2D eigenvalue weighted by molar-refractivity contribution is 7.71. The number of ether oxygens (including phenoxy) is 4. The summed E-state index contributed by atoms with van der Waals surface area (Å²) in [6, 6.07) is 15.3. The van der Waals surface area contributed by atoms with E-state index in [0.29, 0.717) is 16.0 Å². The van der Waals surface area contributed by atoms with Gasteiger partial charge in [0.1, 0.15) is 29.6 Å². The van der Waals surface area contributed by atoms with E-state index in [1.165, 1.54) is 7.11 Å². The molecule has 1 amide bonds. The number of pyridine rings is 1. The van der Waals surface area contributed by atoms with Crippen LogP contribution in [0.1, 0.15) is 24.0 Å². The van der Waals surface area contributed by atoms with E-state index >= 15 is 0 Å². The lowest BCUT2D eigenvalue weighted by atomic mass is 10.1. The van der Waals surface area contributed by atoms with Gasteiger partial charge in [-0.05, 0) is 36.2 Å². The fourth-order valence-electron chi connectivity index (χ4n) is 3.52. The molecule has 0 saturated carbocycles. The number of methoxy groups -OCH3 is 2. The van der Waals surface area contributed by atoms with Crippen LogP contribution in [0.2, 0.25) is 0 Å². The Kier molecular flexibility index (Phi) is 9.40. The summed E-state index contributed by atoms with van der Waals surface area (Å²) < 4.78 is 23.1. The number of esters is 2. The summed E-state index contributed by atoms with van der Waals surface area (Å²) in [6.07, 6.45) is -0.913. The number of aromatic nitrogens is 1. The van der Waals surface area contributed by atoms with Crippen molar-refractivity contribution in [2.75, 3.05) is 14.2 Å². The first-order valence-corrected chi connectivity index (χ1v) is 11.6. The number of carbonyl (C=O) groups excluding carboxylic acids is 3. The first-order valence-electron chi connectivity index (χ1n) is 11.2. The van der Waals surface area contributed by atoms with Crippen LogP contribution in [0, 0.1) is 4.64 Å². The van der Waals surface area contributed by atoms with Crippen molar-refractivity contribution in [3.8, 4) is 5.75 Å². The molecule has 0 fully saturated rings. The lowest BCUT2D eigenvalue weighted by Gasteiger charge is -2.18. The Labute approximate surface area is 213 Å². The highest BCUT2D eigenvalue weighted by Gasteiger charge is 2.25. The molecule has 10 heteroatoms. The van der Waals surface area contributed by atoms with E-state index in [0.717, 1.165) is 16.5 Å². The Hall–Kier alpha value is -3.92. The summed E-state index contributed by atoms with van der Waals surface area (Å²) in [4.78, 5) is 36.9. The van der Waals surface area contributed by atoms with E-state index in [-0.39, 0.29) is 26.1 Å². The number of carbonyl (C=O) groups is 3. The van der Waals surface area contributed by atoms with Gasteiger partial charge in [0.2, 0.25) is 0 Å². The topological polar surface area (TPSA) is 105 Å². The van der Waals surface area contributed by atoms with Gasteiger partial charge in [-0.15, -0.1) is 0 Å². The number of aryl methyl sites for hydroxylation is 1. The number of hydrogen-bond acceptors (Lipinski definition) is 8. The zero-order valence-corrected chi connectivity index (χ0v) is 21.1. The number of nitrogens with zero attached hydrogens (tertiary/aromatic N) is 1. The molecule has 1 aromatic heterocycles. The van der Waals surface area contributed by atoms with Gasteiger partial charge in [-0.1, -0.05) is 42.5 Å². The average molecular weight is 513 g/mol. The Bertz CT molecular complexity index is 1290. The summed E-state index contributed by atoms with van der Waals surface area (Å²) in [5.41, 5.74) is 2.32. The van der Waals surface area contributed by atoms with Crippen molar-refractivity contribution in [2.24, 2.45) is 7.05 Å². The van der Waals surface area contributed by atoms with E-state index in [2.05, 4.69) is 10.1 Å². The number of fused-ring (bicyclic) bond motifs is 1. The Morgan fingerprint density at radius 3 is 2.44 bits per heavy atom. The fourth-order valence-corrected chi connectivity index (χ4v) is 3.76. The molecule has 0 aliphatic heterocycles. The minimum absolute atomic E-state index is 0.0173. The molecule has 0 saturated heterocycles. The van der Waals surface area contributed by atoms with Crippen molar-refractivity contribution in [1.29, 1.82) is 0 Å². The lowest BCUT2D eigenvalue weighted by Crippen LogP contribution is -2.42. The second-order valence-corrected chi connectivity index (χ2v) is 8.35. The normalized spacial score (nSPS) is 11.4. The maximum absolute atomic E-state index is 12.9. The highest BCUT2D eigenvalue weighted by Crippen LogP contribution is 2.25. The van der Waals surface area contributed by atoms with Crippen LogP contribution in [0.15, 0.2) is 54.6 Å². The maximum atomic E-state index is 12.9. The molecule has 1 atom stereocenters. The predicted molar refractivity (Wildman–Crippen MR) is 135 cm³/mol. The molecule has 0 spiro atoms. The van der Waals surface area contributed by atoms with Gasteiger partial charge in [-0.2, -0.15) is 0 Å². The second-order valence-electron chi connectivity index (χ2n) is 7.93. The van der Waals surface area contributed by atoms with Crippen LogP contribution in [0.4, 0.5) is 4.79 Å². The van der Waals surface area contributed by atoms with E-state index in [4.69, 9.17) is 26.4 Å². The zero-order valence-electron chi connectivity index (χ0n) is 20.3. The summed E-state index contributed by atoms with van der Waals surface area (Å²) in [5.74, 6) is -0.589. The molecule has 9 nitrogen and oxygen atoms in total. The van der Waals surface area contributed by atoms with Crippen LogP contribution >= 0.6 is 12.2 Å². The summed E-state index contributed by atoms with van der Waals surface area (Å²) in [5, 5.41) is 3.30. The molecule has 0 radical (unpaired) electrons. The average Bonchev–Trinajstić information content (AvgIpc) is 2.90. The summed E-state index contributed by atoms with van der Waals surface area (Å²) >= 11 is 5.44. The van der Waals surface area contributed by atoms with Crippen molar-refractivity contribution in [3.63, 3.8) is 0 Å². The van der Waals surface area contributed by atoms with Crippen LogP contribution in [0.5, 0.6) is 5.75 Å². The van der Waals surface area contributed by atoms with Crippen LogP contribution in [0.3, 0.4) is 0 Å². The fraction of sp³-hybridized carbons (Fsp3) is 0.308. The van der Waals surface area contributed by atoms with Crippen LogP contribution in [-0.2, 0) is 44.1 Å². The predicted octanol–water partition coefficient (Wildman–Crippen LogP) is 4.21. The van der Waals surface area contributed by atoms with Gasteiger partial charge in [-0.25, -0.2) is 9.59 Å². The van der Waals surface area contributed by atoms with Gasteiger partial charge in [0, 0.05) is 29.9 Å². The van der Waals surface area contributed by atoms with Crippen molar-refractivity contribution >= 4 is 41.2 Å². The van der Waals surface area contributed by atoms with E-state index in [9.17, 15) is 14.4 Å². The van der Waals surface area contributed by atoms with Gasteiger partial charge in [0.05, 0.1) is 14.2 Å². The molecule has 3 rings (SSSR count). The third kappa shape index (κ3) is 7.05. The van der Waals surface area contributed by atoms with Crippen molar-refractivity contribution in [1.82, 2.24) is 9.88 Å². The molecule has 3 aromatic rings. The zero-order chi connectivity index (χ0) is 26.1. The third-order valence-corrected chi connectivity index (χ3v) is 5.96. The molecular formula is C26H28N2O7S. The molecule has 0 bridgehead atoms. The van der Waals surface area contributed by atoms with E-state index in [1.54, 1.807) is 13.2 Å². The quantitative estimate of drug-likeness (QED) is 0.245. The molecule has 1 heterocycles. The maximum Gasteiger partial charge on any atom is 0.408 e. The minimum atomic E-state index is -1.11. The van der Waals surface area contributed by atoms with Crippen molar-refractivity contribution in [3.05, 3.63) is 70.4 Å². The van der Waals surface area contributed by atoms with Crippen molar-refractivity contribution in [2.45, 2.75) is 32.1 Å². The molecule has 0 aliphatic carbocycles. The SMILES string of the molecule is COC(=O)CCC(NC(=O)OCc1ccccc1)C(=O)OCc1cc(=S)n(C)c2ccc(OC)cc12. The largest absolute Gasteiger partial charge is 0.497 e. The number of nitrogens with one attached hydrogen (secondary N) is 1. The van der Waals surface area contributed by atoms with Crippen LogP contribution in [-0.4, -0.2) is 42.9 Å². The number of rotatable bonds is 10. The van der Waals surface area contributed by atoms with E-state index in [1.807, 2.05) is 60.1 Å². The summed E-state index contributed by atoms with van der Waals surface area (Å²) in [7, 11) is 4.66. The first kappa shape index (κ1) is 26.7. The molecule has 0 aliphatic rings. The molecule has 190 valence electrons. The second kappa shape index (κ2) is 12.7. The molecule has 36 heavy (non-hydrogen) atoms. The molecule has 1 N–H and O–H groups in total. The summed E-state index contributed by atoms with van der Waals surface area (Å²) in [6.45, 7) is -0.0651. The first-order chi connectivity index (χ1) is 17.3. The lowest BCUT2D eigenvalue weighted by molar-refractivity contribution is -0.148. The van der Waals surface area contributed by atoms with Crippen molar-refractivity contribution < 1.29 is 33.3 Å². The third-order valence-electron chi connectivity index (χ3n) is 5.56. The van der Waals surface area contributed by atoms with E-state index < -0.39 is 24.1 Å². The van der Waals surface area contributed by atoms with Gasteiger partial charge in [0.15, 0.2) is 0 Å². The highest BCUT2D eigenvalue weighted by atomic mass is 32.1. The molecule has 1 unspecified atom stereocenters. The van der Waals surface area contributed by atoms with Gasteiger partial charge in [-0.3, -0.25) is 4.79 Å². The minimum Gasteiger partial charge on any atom is -0.497 e. The number of benzene rings is 2. The van der Waals surface area contributed by atoms with Gasteiger partial charge < -0.3 is 28.8 Å². The Morgan fingerprint density at radius 2 is 1.75 bits per heavy atom. The molecular weight excluding hydrogens is 484 g/mol. The Balaban J connectivity index is 1.72. The van der Waals surface area contributed by atoms with Crippen LogP contribution in [0.25, 0.3) is 10.9 Å². The number of alkyl carbamates (subject to hydrolysis) is 1. The van der Waals surface area contributed by atoms with Crippen LogP contribution < -0.4 is 10.1 Å². The number of hydrogen-bond donors (Lipinski definition) is 1. The standard InChI is InChI=1S/C26H28N2O7S/c1-28-22-11-9-19(32-2)14-20(22)18(13-23(28)36)16-34-25(30)21(10-12-24(29)33-3)27-26(31)35-15-17-7-5-4-6-8-17/h4-9,11,13-14,21H,10,12,15-16H2,1-3H3,(H,27,31). The van der Waals surface area contributed by atoms with Gasteiger partial charge >= 0.3 is 18.0 Å².